The van der Waals surface area contributed by atoms with Gasteiger partial charge in [0.05, 0.1) is 17.7 Å². The number of carbonyl (C=O) groups is 1. The SMILES string of the molecule is NC(=O)c1ccnc2ccc(OCC3CC(F)(F)C3)cc12. The van der Waals surface area contributed by atoms with Crippen LogP contribution in [0.4, 0.5) is 8.78 Å². The van der Waals surface area contributed by atoms with E-state index in [-0.39, 0.29) is 25.4 Å². The number of halogens is 2. The zero-order valence-corrected chi connectivity index (χ0v) is 11.2. The number of carbonyl (C=O) groups excluding carboxylic acids is 1. The van der Waals surface area contributed by atoms with Crippen LogP contribution in [0.3, 0.4) is 0 Å². The van der Waals surface area contributed by atoms with Crippen molar-refractivity contribution in [3.8, 4) is 5.75 Å². The highest BCUT2D eigenvalue weighted by atomic mass is 19.3. The number of nitrogens with zero attached hydrogens (tertiary/aromatic N) is 1. The molecule has 1 fully saturated rings. The first-order chi connectivity index (χ1) is 9.94. The number of hydrogen-bond acceptors (Lipinski definition) is 3. The first-order valence-electron chi connectivity index (χ1n) is 6.64. The van der Waals surface area contributed by atoms with Crippen molar-refractivity contribution in [2.75, 3.05) is 6.61 Å². The maximum absolute atomic E-state index is 12.7. The number of alkyl halides is 2. The minimum Gasteiger partial charge on any atom is -0.493 e. The van der Waals surface area contributed by atoms with Crippen LogP contribution in [0.5, 0.6) is 5.75 Å². The van der Waals surface area contributed by atoms with Gasteiger partial charge in [-0.1, -0.05) is 0 Å². The molecular weight excluding hydrogens is 278 g/mol. The van der Waals surface area contributed by atoms with Crippen LogP contribution in [0.15, 0.2) is 30.5 Å². The first kappa shape index (κ1) is 13.7. The standard InChI is InChI=1S/C15H14F2N2O2/c16-15(17)6-9(7-15)8-21-10-1-2-13-12(5-10)11(14(18)20)3-4-19-13/h1-5,9H,6-8H2,(H2,18,20). The highest BCUT2D eigenvalue weighted by Crippen LogP contribution is 2.42. The maximum Gasteiger partial charge on any atom is 0.249 e. The fourth-order valence-corrected chi connectivity index (χ4v) is 2.55. The van der Waals surface area contributed by atoms with Gasteiger partial charge in [0.25, 0.3) is 0 Å². The Balaban J connectivity index is 1.77. The van der Waals surface area contributed by atoms with Crippen LogP contribution in [0.2, 0.25) is 0 Å². The number of hydrogen-bond donors (Lipinski definition) is 1. The van der Waals surface area contributed by atoms with Gasteiger partial charge in [0.1, 0.15) is 5.75 Å². The largest absolute Gasteiger partial charge is 0.493 e. The van der Waals surface area contributed by atoms with Gasteiger partial charge in [-0.3, -0.25) is 9.78 Å². The van der Waals surface area contributed by atoms with Crippen molar-refractivity contribution in [1.82, 2.24) is 4.98 Å². The van der Waals surface area contributed by atoms with E-state index >= 15 is 0 Å². The molecule has 4 nitrogen and oxygen atoms in total. The number of pyridine rings is 1. The van der Waals surface area contributed by atoms with Gasteiger partial charge in [-0.25, -0.2) is 8.78 Å². The summed E-state index contributed by atoms with van der Waals surface area (Å²) in [5.74, 6) is -2.69. The van der Waals surface area contributed by atoms with E-state index in [0.29, 0.717) is 22.2 Å². The molecule has 21 heavy (non-hydrogen) atoms. The number of fused-ring (bicyclic) bond motifs is 1. The van der Waals surface area contributed by atoms with Gasteiger partial charge < -0.3 is 10.5 Å². The predicted octanol–water partition coefficient (Wildman–Crippen LogP) is 2.76. The third kappa shape index (κ3) is 2.79. The molecule has 2 aromatic rings. The number of aromatic nitrogens is 1. The molecule has 1 saturated carbocycles. The molecule has 110 valence electrons. The Morgan fingerprint density at radius 3 is 2.81 bits per heavy atom. The quantitative estimate of drug-likeness (QED) is 0.942. The van der Waals surface area contributed by atoms with Crippen LogP contribution in [0.25, 0.3) is 10.9 Å². The second-order valence-electron chi connectivity index (χ2n) is 5.34. The summed E-state index contributed by atoms with van der Waals surface area (Å²) in [7, 11) is 0. The summed E-state index contributed by atoms with van der Waals surface area (Å²) in [4.78, 5) is 15.5. The summed E-state index contributed by atoms with van der Waals surface area (Å²) in [5.41, 5.74) is 6.32. The smallest absolute Gasteiger partial charge is 0.249 e. The van der Waals surface area contributed by atoms with E-state index in [1.54, 1.807) is 24.3 Å². The topological polar surface area (TPSA) is 65.2 Å². The fourth-order valence-electron chi connectivity index (χ4n) is 2.55. The summed E-state index contributed by atoms with van der Waals surface area (Å²) < 4.78 is 31.0. The van der Waals surface area contributed by atoms with Crippen LogP contribution in [0, 0.1) is 5.92 Å². The summed E-state index contributed by atoms with van der Waals surface area (Å²) in [5, 5.41) is 0.599. The highest BCUT2D eigenvalue weighted by molar-refractivity contribution is 6.05. The molecule has 0 unspecified atom stereocenters. The van der Waals surface area contributed by atoms with Gasteiger partial charge in [-0.05, 0) is 24.3 Å². The van der Waals surface area contributed by atoms with E-state index in [2.05, 4.69) is 4.98 Å². The lowest BCUT2D eigenvalue weighted by Crippen LogP contribution is -2.38. The molecule has 2 N–H and O–H groups in total. The molecule has 3 rings (SSSR count). The molecule has 0 atom stereocenters. The second kappa shape index (κ2) is 4.95. The molecule has 1 heterocycles. The van der Waals surface area contributed by atoms with Crippen LogP contribution in [0.1, 0.15) is 23.2 Å². The number of nitrogens with two attached hydrogens (primary N) is 1. The molecule has 1 aliphatic rings. The van der Waals surface area contributed by atoms with Gasteiger partial charge >= 0.3 is 0 Å². The molecule has 0 radical (unpaired) electrons. The van der Waals surface area contributed by atoms with Crippen molar-refractivity contribution in [1.29, 1.82) is 0 Å². The number of amides is 1. The van der Waals surface area contributed by atoms with Crippen LogP contribution >= 0.6 is 0 Å². The van der Waals surface area contributed by atoms with Gasteiger partial charge in [-0.15, -0.1) is 0 Å². The lowest BCUT2D eigenvalue weighted by molar-refractivity contribution is -0.119. The molecule has 0 saturated heterocycles. The van der Waals surface area contributed by atoms with E-state index in [0.717, 1.165) is 0 Å². The average molecular weight is 292 g/mol. The zero-order chi connectivity index (χ0) is 15.0. The van der Waals surface area contributed by atoms with Gasteiger partial charge in [0.2, 0.25) is 11.8 Å². The molecule has 1 aliphatic carbocycles. The average Bonchev–Trinajstić information content (AvgIpc) is 2.41. The Labute approximate surface area is 119 Å². The zero-order valence-electron chi connectivity index (χ0n) is 11.2. The van der Waals surface area contributed by atoms with Crippen molar-refractivity contribution < 1.29 is 18.3 Å². The molecule has 0 spiro atoms. The van der Waals surface area contributed by atoms with E-state index in [4.69, 9.17) is 10.5 Å². The Kier molecular flexibility index (Phi) is 3.23. The van der Waals surface area contributed by atoms with E-state index in [1.807, 2.05) is 0 Å². The van der Waals surface area contributed by atoms with Gasteiger partial charge in [0, 0.05) is 30.3 Å². The number of rotatable bonds is 4. The second-order valence-corrected chi connectivity index (χ2v) is 5.34. The Bertz CT molecular complexity index is 695. The van der Waals surface area contributed by atoms with Gasteiger partial charge in [-0.2, -0.15) is 0 Å². The molecule has 1 aromatic heterocycles. The van der Waals surface area contributed by atoms with E-state index in [9.17, 15) is 13.6 Å². The van der Waals surface area contributed by atoms with Crippen molar-refractivity contribution >= 4 is 16.8 Å². The summed E-state index contributed by atoms with van der Waals surface area (Å²) in [6.45, 7) is 0.243. The number of ether oxygens (including phenoxy) is 1. The van der Waals surface area contributed by atoms with Crippen molar-refractivity contribution in [2.45, 2.75) is 18.8 Å². The van der Waals surface area contributed by atoms with E-state index < -0.39 is 11.8 Å². The monoisotopic (exact) mass is 292 g/mol. The van der Waals surface area contributed by atoms with Crippen LogP contribution in [-0.2, 0) is 0 Å². The molecule has 0 aliphatic heterocycles. The number of benzene rings is 1. The molecule has 6 heteroatoms. The molecule has 0 bridgehead atoms. The van der Waals surface area contributed by atoms with Crippen LogP contribution in [-0.4, -0.2) is 23.4 Å². The Morgan fingerprint density at radius 1 is 1.38 bits per heavy atom. The van der Waals surface area contributed by atoms with Gasteiger partial charge in [0.15, 0.2) is 0 Å². The lowest BCUT2D eigenvalue weighted by atomic mass is 9.82. The highest BCUT2D eigenvalue weighted by Gasteiger charge is 2.45. The summed E-state index contributed by atoms with van der Waals surface area (Å²) >= 11 is 0. The third-order valence-corrected chi connectivity index (χ3v) is 3.64. The Morgan fingerprint density at radius 2 is 2.14 bits per heavy atom. The Hall–Kier alpha value is -2.24. The molecular formula is C15H14F2N2O2. The summed E-state index contributed by atoms with van der Waals surface area (Å²) in [6.07, 6.45) is 1.25. The van der Waals surface area contributed by atoms with Crippen molar-refractivity contribution in [3.63, 3.8) is 0 Å². The maximum atomic E-state index is 12.7. The normalized spacial score (nSPS) is 17.4. The van der Waals surface area contributed by atoms with Crippen molar-refractivity contribution in [2.24, 2.45) is 11.7 Å². The first-order valence-corrected chi connectivity index (χ1v) is 6.64. The van der Waals surface area contributed by atoms with E-state index in [1.165, 1.54) is 6.20 Å². The van der Waals surface area contributed by atoms with Crippen LogP contribution < -0.4 is 10.5 Å². The molecule has 1 aromatic carbocycles. The number of primary amides is 1. The predicted molar refractivity (Wildman–Crippen MR) is 73.4 cm³/mol. The minimum atomic E-state index is -2.54. The lowest BCUT2D eigenvalue weighted by Gasteiger charge is -2.34. The fraction of sp³-hybridized carbons (Fsp3) is 0.333. The minimum absolute atomic E-state index is 0.125. The third-order valence-electron chi connectivity index (χ3n) is 3.64. The summed E-state index contributed by atoms with van der Waals surface area (Å²) in [6, 6.07) is 6.63. The van der Waals surface area contributed by atoms with Crippen molar-refractivity contribution in [3.05, 3.63) is 36.0 Å². The molecule has 1 amide bonds.